The molecule has 0 radical (unpaired) electrons. The van der Waals surface area contributed by atoms with Crippen LogP contribution in [0.15, 0.2) is 24.3 Å². The monoisotopic (exact) mass is 229 g/mol. The third kappa shape index (κ3) is 2.21. The Balaban J connectivity index is 2.22. The molecule has 0 aromatic heterocycles. The van der Waals surface area contributed by atoms with Crippen molar-refractivity contribution in [2.75, 3.05) is 13.1 Å². The highest BCUT2D eigenvalue weighted by molar-refractivity contribution is 5.22. The summed E-state index contributed by atoms with van der Waals surface area (Å²) in [4.78, 5) is 0. The maximum Gasteiger partial charge on any atom is 0.276 e. The van der Waals surface area contributed by atoms with Crippen molar-refractivity contribution in [3.63, 3.8) is 0 Å². The molecule has 0 unspecified atom stereocenters. The summed E-state index contributed by atoms with van der Waals surface area (Å²) in [7, 11) is 0. The van der Waals surface area contributed by atoms with Gasteiger partial charge in [0.2, 0.25) is 0 Å². The molecule has 1 aliphatic rings. The second-order valence-electron chi connectivity index (χ2n) is 4.16. The highest BCUT2D eigenvalue weighted by atomic mass is 19.3. The molecule has 2 rings (SSSR count). The molecule has 0 spiro atoms. The van der Waals surface area contributed by atoms with Crippen molar-refractivity contribution in [2.45, 2.75) is 18.8 Å². The molecule has 16 heavy (non-hydrogen) atoms. The van der Waals surface area contributed by atoms with E-state index in [1.165, 1.54) is 18.2 Å². The van der Waals surface area contributed by atoms with Gasteiger partial charge in [-0.1, -0.05) is 12.1 Å². The van der Waals surface area contributed by atoms with Gasteiger partial charge < -0.3 is 5.32 Å². The van der Waals surface area contributed by atoms with Crippen molar-refractivity contribution >= 4 is 0 Å². The van der Waals surface area contributed by atoms with Gasteiger partial charge in [0.25, 0.3) is 5.92 Å². The van der Waals surface area contributed by atoms with Crippen molar-refractivity contribution in [3.05, 3.63) is 35.6 Å². The Morgan fingerprint density at radius 1 is 1.19 bits per heavy atom. The molecule has 0 aliphatic carbocycles. The number of rotatable bonds is 2. The molecule has 88 valence electrons. The van der Waals surface area contributed by atoms with Crippen molar-refractivity contribution < 1.29 is 13.2 Å². The number of hydrogen-bond acceptors (Lipinski definition) is 1. The van der Waals surface area contributed by atoms with Crippen molar-refractivity contribution in [1.82, 2.24) is 5.32 Å². The minimum atomic E-state index is -2.93. The molecule has 1 aromatic carbocycles. The Morgan fingerprint density at radius 3 is 2.50 bits per heavy atom. The molecule has 1 nitrogen and oxygen atoms in total. The van der Waals surface area contributed by atoms with Crippen LogP contribution in [0.1, 0.15) is 18.4 Å². The van der Waals surface area contributed by atoms with Gasteiger partial charge in [-0.3, -0.25) is 0 Å². The lowest BCUT2D eigenvalue weighted by Gasteiger charge is -2.30. The van der Waals surface area contributed by atoms with Gasteiger partial charge in [-0.05, 0) is 38.1 Å². The topological polar surface area (TPSA) is 12.0 Å². The molecule has 1 aromatic rings. The van der Waals surface area contributed by atoms with Crippen LogP contribution < -0.4 is 5.32 Å². The zero-order valence-corrected chi connectivity index (χ0v) is 8.85. The van der Waals surface area contributed by atoms with E-state index in [2.05, 4.69) is 5.32 Å². The molecule has 1 heterocycles. The van der Waals surface area contributed by atoms with E-state index >= 15 is 0 Å². The zero-order chi connectivity index (χ0) is 11.6. The number of hydrogen-bond donors (Lipinski definition) is 1. The maximum absolute atomic E-state index is 14.0. The predicted octanol–water partition coefficient (Wildman–Crippen LogP) is 2.92. The fraction of sp³-hybridized carbons (Fsp3) is 0.500. The second kappa shape index (κ2) is 4.45. The van der Waals surface area contributed by atoms with Crippen LogP contribution in [0.5, 0.6) is 0 Å². The minimum absolute atomic E-state index is 0.209. The van der Waals surface area contributed by atoms with Crippen LogP contribution in [-0.2, 0) is 5.92 Å². The number of halogens is 3. The first-order valence-corrected chi connectivity index (χ1v) is 5.45. The fourth-order valence-corrected chi connectivity index (χ4v) is 2.12. The van der Waals surface area contributed by atoms with E-state index in [1.807, 2.05) is 0 Å². The summed E-state index contributed by atoms with van der Waals surface area (Å²) in [5, 5.41) is 3.04. The number of benzene rings is 1. The van der Waals surface area contributed by atoms with Crippen LogP contribution >= 0.6 is 0 Å². The highest BCUT2D eigenvalue weighted by Crippen LogP contribution is 2.40. The van der Waals surface area contributed by atoms with Gasteiger partial charge in [-0.25, -0.2) is 13.2 Å². The molecule has 1 aliphatic heterocycles. The van der Waals surface area contributed by atoms with Crippen LogP contribution in [0.25, 0.3) is 0 Å². The third-order valence-corrected chi connectivity index (χ3v) is 3.06. The zero-order valence-electron chi connectivity index (χ0n) is 8.85. The Labute approximate surface area is 92.7 Å². The average Bonchev–Trinajstić information content (AvgIpc) is 2.30. The Hall–Kier alpha value is -1.03. The number of alkyl halides is 2. The minimum Gasteiger partial charge on any atom is -0.317 e. The lowest BCUT2D eigenvalue weighted by Crippen LogP contribution is -2.36. The summed E-state index contributed by atoms with van der Waals surface area (Å²) in [6.45, 7) is 1.21. The van der Waals surface area contributed by atoms with E-state index in [9.17, 15) is 13.2 Å². The lowest BCUT2D eigenvalue weighted by molar-refractivity contribution is -0.0755. The summed E-state index contributed by atoms with van der Waals surface area (Å²) >= 11 is 0. The Bertz CT molecular complexity index is 359. The smallest absolute Gasteiger partial charge is 0.276 e. The fourth-order valence-electron chi connectivity index (χ4n) is 2.12. The molecule has 1 fully saturated rings. The molecule has 0 amide bonds. The molecule has 4 heteroatoms. The standard InChI is InChI=1S/C12H14F3N/c13-11-3-1-2-10(8-11)12(14,15)9-4-6-16-7-5-9/h1-3,8-9,16H,4-7H2. The lowest BCUT2D eigenvalue weighted by atomic mass is 9.87. The first-order chi connectivity index (χ1) is 7.60. The van der Waals surface area contributed by atoms with E-state index in [-0.39, 0.29) is 5.56 Å². The van der Waals surface area contributed by atoms with E-state index in [4.69, 9.17) is 0 Å². The van der Waals surface area contributed by atoms with E-state index < -0.39 is 17.7 Å². The molecule has 0 saturated carbocycles. The van der Waals surface area contributed by atoms with Crippen molar-refractivity contribution in [2.24, 2.45) is 5.92 Å². The molecular formula is C12H14F3N. The third-order valence-electron chi connectivity index (χ3n) is 3.06. The van der Waals surface area contributed by atoms with Crippen LogP contribution in [-0.4, -0.2) is 13.1 Å². The summed E-state index contributed by atoms with van der Waals surface area (Å²) in [6, 6.07) is 4.74. The normalized spacial score (nSPS) is 18.7. The van der Waals surface area contributed by atoms with Gasteiger partial charge in [0.15, 0.2) is 0 Å². The molecule has 0 bridgehead atoms. The van der Waals surface area contributed by atoms with Crippen molar-refractivity contribution in [1.29, 1.82) is 0 Å². The molecule has 1 N–H and O–H groups in total. The summed E-state index contributed by atoms with van der Waals surface area (Å²) < 4.78 is 41.0. The Morgan fingerprint density at radius 2 is 1.88 bits per heavy atom. The van der Waals surface area contributed by atoms with Gasteiger partial charge in [-0.15, -0.1) is 0 Å². The summed E-state index contributed by atoms with van der Waals surface area (Å²) in [6.07, 6.45) is 0.868. The van der Waals surface area contributed by atoms with Gasteiger partial charge in [0, 0.05) is 11.5 Å². The summed E-state index contributed by atoms with van der Waals surface area (Å²) in [5.41, 5.74) is -0.209. The Kier molecular flexibility index (Phi) is 3.19. The van der Waals surface area contributed by atoms with Crippen LogP contribution in [0.2, 0.25) is 0 Å². The van der Waals surface area contributed by atoms with Crippen LogP contribution in [0.3, 0.4) is 0 Å². The number of piperidine rings is 1. The van der Waals surface area contributed by atoms with Gasteiger partial charge >= 0.3 is 0 Å². The van der Waals surface area contributed by atoms with Gasteiger partial charge in [0.05, 0.1) is 0 Å². The van der Waals surface area contributed by atoms with E-state index in [1.54, 1.807) is 0 Å². The quantitative estimate of drug-likeness (QED) is 0.822. The van der Waals surface area contributed by atoms with Gasteiger partial charge in [0.1, 0.15) is 5.82 Å². The van der Waals surface area contributed by atoms with Crippen LogP contribution in [0, 0.1) is 11.7 Å². The predicted molar refractivity (Wildman–Crippen MR) is 55.9 cm³/mol. The van der Waals surface area contributed by atoms with Gasteiger partial charge in [-0.2, -0.15) is 0 Å². The first kappa shape index (κ1) is 11.5. The molecule has 1 saturated heterocycles. The SMILES string of the molecule is Fc1cccc(C(F)(F)C2CCNCC2)c1. The second-order valence-corrected chi connectivity index (χ2v) is 4.16. The van der Waals surface area contributed by atoms with Crippen LogP contribution in [0.4, 0.5) is 13.2 Å². The first-order valence-electron chi connectivity index (χ1n) is 5.45. The van der Waals surface area contributed by atoms with E-state index in [0.29, 0.717) is 25.9 Å². The van der Waals surface area contributed by atoms with Crippen molar-refractivity contribution in [3.8, 4) is 0 Å². The number of nitrogens with one attached hydrogen (secondary N) is 1. The average molecular weight is 229 g/mol. The largest absolute Gasteiger partial charge is 0.317 e. The van der Waals surface area contributed by atoms with E-state index in [0.717, 1.165) is 6.07 Å². The summed E-state index contributed by atoms with van der Waals surface area (Å²) in [5.74, 6) is -4.22. The molecular weight excluding hydrogens is 215 g/mol. The molecule has 0 atom stereocenters. The highest BCUT2D eigenvalue weighted by Gasteiger charge is 2.41. The maximum atomic E-state index is 14.0.